The van der Waals surface area contributed by atoms with Crippen LogP contribution in [0.15, 0.2) is 12.4 Å². The summed E-state index contributed by atoms with van der Waals surface area (Å²) in [4.78, 5) is 8.50. The zero-order valence-corrected chi connectivity index (χ0v) is 8.54. The van der Waals surface area contributed by atoms with Gasteiger partial charge in [0.1, 0.15) is 5.82 Å². The van der Waals surface area contributed by atoms with Crippen molar-refractivity contribution in [2.45, 2.75) is 26.7 Å². The van der Waals surface area contributed by atoms with Gasteiger partial charge in [-0.2, -0.15) is 0 Å². The molecule has 3 nitrogen and oxygen atoms in total. The molecular weight excluding hydrogens is 162 g/mol. The highest BCUT2D eigenvalue weighted by Gasteiger charge is 2.03. The Kier molecular flexibility index (Phi) is 3.68. The second-order valence-electron chi connectivity index (χ2n) is 3.53. The van der Waals surface area contributed by atoms with Gasteiger partial charge in [0.25, 0.3) is 0 Å². The Bertz CT molecular complexity index is 258. The largest absolute Gasteiger partial charge is 0.372 e. The lowest BCUT2D eigenvalue weighted by atomic mass is 10.1. The van der Waals surface area contributed by atoms with Crippen LogP contribution in [0.25, 0.3) is 0 Å². The number of anilines is 1. The Morgan fingerprint density at radius 1 is 1.31 bits per heavy atom. The lowest BCUT2D eigenvalue weighted by Crippen LogP contribution is -2.02. The molecule has 0 saturated heterocycles. The van der Waals surface area contributed by atoms with Gasteiger partial charge in [-0.25, -0.2) is 4.98 Å². The Labute approximate surface area is 79.6 Å². The lowest BCUT2D eigenvalue weighted by molar-refractivity contribution is 0.581. The van der Waals surface area contributed by atoms with Crippen LogP contribution in [0.2, 0.25) is 0 Å². The molecule has 0 bridgehead atoms. The van der Waals surface area contributed by atoms with Gasteiger partial charge in [0.05, 0.1) is 5.69 Å². The zero-order chi connectivity index (χ0) is 9.68. The van der Waals surface area contributed by atoms with Crippen molar-refractivity contribution in [3.05, 3.63) is 18.1 Å². The monoisotopic (exact) mass is 179 g/mol. The minimum absolute atomic E-state index is 0.715. The van der Waals surface area contributed by atoms with Gasteiger partial charge in [-0.1, -0.05) is 13.8 Å². The smallest absolute Gasteiger partial charge is 0.147 e. The molecule has 3 heteroatoms. The fourth-order valence-corrected chi connectivity index (χ4v) is 1.18. The molecule has 0 atom stereocenters. The van der Waals surface area contributed by atoms with E-state index in [1.807, 2.05) is 7.05 Å². The summed E-state index contributed by atoms with van der Waals surface area (Å²) in [5.74, 6) is 1.62. The molecule has 0 aliphatic carbocycles. The predicted molar refractivity (Wildman–Crippen MR) is 54.7 cm³/mol. The predicted octanol–water partition coefficient (Wildman–Crippen LogP) is 2.11. The first-order valence-electron chi connectivity index (χ1n) is 4.71. The summed E-state index contributed by atoms with van der Waals surface area (Å²) in [6.45, 7) is 4.44. The van der Waals surface area contributed by atoms with Crippen LogP contribution in [0.4, 0.5) is 5.82 Å². The van der Waals surface area contributed by atoms with Gasteiger partial charge in [0.2, 0.25) is 0 Å². The minimum Gasteiger partial charge on any atom is -0.372 e. The Balaban J connectivity index is 2.64. The maximum absolute atomic E-state index is 4.30. The molecule has 1 rings (SSSR count). The van der Waals surface area contributed by atoms with E-state index < -0.39 is 0 Å². The number of nitrogens with one attached hydrogen (secondary N) is 1. The van der Waals surface area contributed by atoms with Crippen molar-refractivity contribution < 1.29 is 0 Å². The Hall–Kier alpha value is -1.12. The standard InChI is InChI=1S/C10H17N3/c1-8(2)4-5-9-10(11-3)13-7-6-12-9/h6-8H,4-5H2,1-3H3,(H,11,13). The van der Waals surface area contributed by atoms with Crippen LogP contribution >= 0.6 is 0 Å². The van der Waals surface area contributed by atoms with Gasteiger partial charge < -0.3 is 5.32 Å². The highest BCUT2D eigenvalue weighted by molar-refractivity contribution is 5.38. The number of aryl methyl sites for hydroxylation is 1. The SMILES string of the molecule is CNc1nccnc1CCC(C)C. The summed E-state index contributed by atoms with van der Waals surface area (Å²) in [6.07, 6.45) is 5.62. The summed E-state index contributed by atoms with van der Waals surface area (Å²) in [7, 11) is 1.88. The van der Waals surface area contributed by atoms with Crippen molar-refractivity contribution in [3.8, 4) is 0 Å². The summed E-state index contributed by atoms with van der Waals surface area (Å²) < 4.78 is 0. The van der Waals surface area contributed by atoms with E-state index in [1.165, 1.54) is 0 Å². The van der Waals surface area contributed by atoms with Crippen LogP contribution < -0.4 is 5.32 Å². The molecule has 0 spiro atoms. The second kappa shape index (κ2) is 4.80. The van der Waals surface area contributed by atoms with Crippen LogP contribution in [-0.4, -0.2) is 17.0 Å². The van der Waals surface area contributed by atoms with Crippen LogP contribution in [0.1, 0.15) is 26.0 Å². The second-order valence-corrected chi connectivity index (χ2v) is 3.53. The summed E-state index contributed by atoms with van der Waals surface area (Å²) in [5.41, 5.74) is 1.07. The average Bonchev–Trinajstić information content (AvgIpc) is 2.15. The van der Waals surface area contributed by atoms with E-state index in [9.17, 15) is 0 Å². The van der Waals surface area contributed by atoms with E-state index in [2.05, 4.69) is 29.1 Å². The first-order chi connectivity index (χ1) is 6.24. The first-order valence-corrected chi connectivity index (χ1v) is 4.71. The molecule has 0 aliphatic heterocycles. The van der Waals surface area contributed by atoms with E-state index in [1.54, 1.807) is 12.4 Å². The molecule has 1 aromatic heterocycles. The molecule has 13 heavy (non-hydrogen) atoms. The van der Waals surface area contributed by atoms with Crippen LogP contribution in [-0.2, 0) is 6.42 Å². The molecule has 0 saturated carbocycles. The number of hydrogen-bond donors (Lipinski definition) is 1. The molecule has 0 radical (unpaired) electrons. The van der Waals surface area contributed by atoms with Crippen LogP contribution in [0.5, 0.6) is 0 Å². The van der Waals surface area contributed by atoms with E-state index in [-0.39, 0.29) is 0 Å². The fraction of sp³-hybridized carbons (Fsp3) is 0.600. The number of aromatic nitrogens is 2. The quantitative estimate of drug-likeness (QED) is 0.769. The third-order valence-electron chi connectivity index (χ3n) is 1.97. The highest BCUT2D eigenvalue weighted by atomic mass is 15.0. The minimum atomic E-state index is 0.715. The molecule has 0 amide bonds. The molecule has 1 N–H and O–H groups in total. The topological polar surface area (TPSA) is 37.8 Å². The first kappa shape index (κ1) is 9.96. The fourth-order valence-electron chi connectivity index (χ4n) is 1.18. The van der Waals surface area contributed by atoms with Crippen LogP contribution in [0.3, 0.4) is 0 Å². The molecule has 0 aromatic carbocycles. The van der Waals surface area contributed by atoms with Gasteiger partial charge in [0.15, 0.2) is 0 Å². The van der Waals surface area contributed by atoms with Crippen molar-refractivity contribution in [2.75, 3.05) is 12.4 Å². The van der Waals surface area contributed by atoms with Crippen molar-refractivity contribution in [1.29, 1.82) is 0 Å². The molecule has 1 aromatic rings. The van der Waals surface area contributed by atoms with E-state index in [0.717, 1.165) is 24.4 Å². The lowest BCUT2D eigenvalue weighted by Gasteiger charge is -2.07. The molecular formula is C10H17N3. The van der Waals surface area contributed by atoms with Crippen molar-refractivity contribution in [2.24, 2.45) is 5.92 Å². The van der Waals surface area contributed by atoms with Gasteiger partial charge >= 0.3 is 0 Å². The average molecular weight is 179 g/mol. The van der Waals surface area contributed by atoms with Gasteiger partial charge in [-0.05, 0) is 18.8 Å². The molecule has 0 unspecified atom stereocenters. The number of rotatable bonds is 4. The zero-order valence-electron chi connectivity index (χ0n) is 8.54. The summed E-state index contributed by atoms with van der Waals surface area (Å²) in [5, 5.41) is 3.05. The van der Waals surface area contributed by atoms with Gasteiger partial charge in [-0.3, -0.25) is 4.98 Å². The van der Waals surface area contributed by atoms with Crippen LogP contribution in [0, 0.1) is 5.92 Å². The maximum atomic E-state index is 4.30. The third kappa shape index (κ3) is 3.01. The normalized spacial score (nSPS) is 10.5. The summed E-state index contributed by atoms with van der Waals surface area (Å²) in [6, 6.07) is 0. The number of nitrogens with zero attached hydrogens (tertiary/aromatic N) is 2. The van der Waals surface area contributed by atoms with E-state index in [0.29, 0.717) is 5.92 Å². The van der Waals surface area contributed by atoms with Crippen molar-refractivity contribution >= 4 is 5.82 Å². The summed E-state index contributed by atoms with van der Waals surface area (Å²) >= 11 is 0. The van der Waals surface area contributed by atoms with Crippen molar-refractivity contribution in [1.82, 2.24) is 9.97 Å². The third-order valence-corrected chi connectivity index (χ3v) is 1.97. The Morgan fingerprint density at radius 2 is 2.00 bits per heavy atom. The van der Waals surface area contributed by atoms with Gasteiger partial charge in [-0.15, -0.1) is 0 Å². The molecule has 72 valence electrons. The number of hydrogen-bond acceptors (Lipinski definition) is 3. The van der Waals surface area contributed by atoms with Gasteiger partial charge in [0, 0.05) is 19.4 Å². The van der Waals surface area contributed by atoms with E-state index in [4.69, 9.17) is 0 Å². The molecule has 1 heterocycles. The maximum Gasteiger partial charge on any atom is 0.147 e. The molecule has 0 fully saturated rings. The highest BCUT2D eigenvalue weighted by Crippen LogP contribution is 2.12. The Morgan fingerprint density at radius 3 is 2.62 bits per heavy atom. The molecule has 0 aliphatic rings. The van der Waals surface area contributed by atoms with Crippen molar-refractivity contribution in [3.63, 3.8) is 0 Å². The van der Waals surface area contributed by atoms with E-state index >= 15 is 0 Å².